The number of amides is 7. The van der Waals surface area contributed by atoms with Crippen LogP contribution < -0.4 is 37.2 Å². The van der Waals surface area contributed by atoms with Crippen molar-refractivity contribution in [2.75, 3.05) is 14.2 Å². The Balaban J connectivity index is 3.98. The molecule has 0 aromatic carbocycles. The van der Waals surface area contributed by atoms with Crippen molar-refractivity contribution < 1.29 is 62.2 Å². The van der Waals surface area contributed by atoms with E-state index in [9.17, 15) is 47.9 Å². The molecule has 0 radical (unpaired) electrons. The monoisotopic (exact) mass is 1110 g/mol. The van der Waals surface area contributed by atoms with Crippen molar-refractivity contribution in [3.8, 4) is 0 Å². The zero-order valence-electron chi connectivity index (χ0n) is 49.9. The Bertz CT molecular complexity index is 1880. The van der Waals surface area contributed by atoms with Crippen LogP contribution in [0.3, 0.4) is 0 Å². The molecule has 20 heteroatoms. The third-order valence-electron chi connectivity index (χ3n) is 13.9. The zero-order valence-corrected chi connectivity index (χ0v) is 49.9. The molecule has 448 valence electrons. The highest BCUT2D eigenvalue weighted by atomic mass is 16.5. The quantitative estimate of drug-likeness (QED) is 0.0250. The summed E-state index contributed by atoms with van der Waals surface area (Å²) in [5.41, 5.74) is 0. The summed E-state index contributed by atoms with van der Waals surface area (Å²) in [6, 6.07) is -9.19. The maximum Gasteiger partial charge on any atom is 0.329 e. The summed E-state index contributed by atoms with van der Waals surface area (Å²) in [6.07, 6.45) is 11.6. The molecule has 0 bridgehead atoms. The van der Waals surface area contributed by atoms with Crippen molar-refractivity contribution >= 4 is 59.3 Å². The van der Waals surface area contributed by atoms with Gasteiger partial charge in [-0.1, -0.05) is 153 Å². The van der Waals surface area contributed by atoms with Crippen molar-refractivity contribution in [3.63, 3.8) is 0 Å². The van der Waals surface area contributed by atoms with Gasteiger partial charge in [0.05, 0.1) is 27.1 Å². The molecular weight excluding hydrogens is 1000 g/mol. The van der Waals surface area contributed by atoms with Crippen LogP contribution in [0, 0.1) is 29.6 Å². The van der Waals surface area contributed by atoms with Crippen LogP contribution in [-0.4, -0.2) is 122 Å². The first-order chi connectivity index (χ1) is 36.8. The van der Waals surface area contributed by atoms with E-state index in [0.717, 1.165) is 39.2 Å². The minimum absolute atomic E-state index is 0.0723. The van der Waals surface area contributed by atoms with Crippen molar-refractivity contribution in [1.82, 2.24) is 37.2 Å². The molecule has 1 fully saturated rings. The maximum absolute atomic E-state index is 14.4. The Morgan fingerprint density at radius 2 is 0.821 bits per heavy atom. The van der Waals surface area contributed by atoms with Crippen LogP contribution in [0.25, 0.3) is 0 Å². The lowest BCUT2D eigenvalue weighted by atomic mass is 9.97. The van der Waals surface area contributed by atoms with Gasteiger partial charge in [0.2, 0.25) is 41.4 Å². The molecule has 1 heterocycles. The highest BCUT2D eigenvalue weighted by molar-refractivity contribution is 5.98. The number of esters is 3. The Morgan fingerprint density at radius 1 is 0.462 bits per heavy atom. The third-order valence-corrected chi connectivity index (χ3v) is 13.9. The molecule has 78 heavy (non-hydrogen) atoms. The van der Waals surface area contributed by atoms with E-state index in [1.54, 1.807) is 6.92 Å². The fraction of sp³-hybridized carbons (Fsp3) is 0.828. The molecular formula is C58H103N7O13. The second-order valence-corrected chi connectivity index (χ2v) is 23.2. The number of carbonyl (C=O) groups excluding carboxylic acids is 10. The third kappa shape index (κ3) is 29.6. The fourth-order valence-electron chi connectivity index (χ4n) is 9.30. The predicted octanol–water partition coefficient (Wildman–Crippen LogP) is 6.53. The van der Waals surface area contributed by atoms with Gasteiger partial charge in [-0.2, -0.15) is 0 Å². The number of hydrogen-bond acceptors (Lipinski definition) is 13. The molecule has 1 rings (SSSR count). The van der Waals surface area contributed by atoms with E-state index in [1.807, 2.05) is 62.3 Å². The van der Waals surface area contributed by atoms with Gasteiger partial charge in [0, 0.05) is 6.42 Å². The average Bonchev–Trinajstić information content (AvgIpc) is 3.36. The van der Waals surface area contributed by atoms with Gasteiger partial charge in [0.25, 0.3) is 0 Å². The van der Waals surface area contributed by atoms with Crippen molar-refractivity contribution in [1.29, 1.82) is 0 Å². The fourth-order valence-corrected chi connectivity index (χ4v) is 9.30. The highest BCUT2D eigenvalue weighted by Crippen LogP contribution is 2.20. The SMILES string of the molecule is CCCCCCCCCCCCCCC1CC(=O)NC(CCC(=O)OC)C(=O)NC(CC(C)C)C(=O)NC(CC(C)C)C(=O)NC(CC(C)C)C(=O)NC(CC(=O)OC)C(=O)NC(CC(C)C)C(=O)NC(C(C)CC)C(=O)O1. The number of unbranched alkanes of at least 4 members (excludes halogenated alkanes) is 11. The number of hydrogen-bond donors (Lipinski definition) is 7. The first-order valence-electron chi connectivity index (χ1n) is 29.3. The lowest BCUT2D eigenvalue weighted by Gasteiger charge is -2.29. The number of carbonyl (C=O) groups is 10. The lowest BCUT2D eigenvalue weighted by Crippen LogP contribution is -2.60. The molecule has 1 aliphatic heterocycles. The molecule has 0 spiro atoms. The summed E-state index contributed by atoms with van der Waals surface area (Å²) in [6.45, 7) is 20.4. The lowest BCUT2D eigenvalue weighted by molar-refractivity contribution is -0.156. The largest absolute Gasteiger partial charge is 0.469 e. The van der Waals surface area contributed by atoms with Crippen LogP contribution >= 0.6 is 0 Å². The molecule has 0 aromatic heterocycles. The van der Waals surface area contributed by atoms with E-state index in [1.165, 1.54) is 45.6 Å². The van der Waals surface area contributed by atoms with E-state index < -0.39 is 120 Å². The van der Waals surface area contributed by atoms with E-state index in [2.05, 4.69) is 44.1 Å². The molecule has 7 N–H and O–H groups in total. The Morgan fingerprint density at radius 3 is 1.21 bits per heavy atom. The summed E-state index contributed by atoms with van der Waals surface area (Å²) < 4.78 is 15.9. The Kier molecular flexibility index (Phi) is 35.5. The Hall–Kier alpha value is -5.30. The molecule has 9 unspecified atom stereocenters. The van der Waals surface area contributed by atoms with E-state index in [0.29, 0.717) is 12.8 Å². The van der Waals surface area contributed by atoms with Gasteiger partial charge < -0.3 is 51.4 Å². The number of cyclic esters (lactones) is 1. The normalized spacial score (nSPS) is 23.4. The van der Waals surface area contributed by atoms with Crippen molar-refractivity contribution in [2.45, 2.75) is 266 Å². The van der Waals surface area contributed by atoms with Crippen LogP contribution in [0.4, 0.5) is 0 Å². The highest BCUT2D eigenvalue weighted by Gasteiger charge is 2.38. The van der Waals surface area contributed by atoms with Crippen LogP contribution in [0.2, 0.25) is 0 Å². The number of ether oxygens (including phenoxy) is 3. The number of rotatable bonds is 28. The molecule has 9 atom stereocenters. The molecule has 7 amide bonds. The van der Waals surface area contributed by atoms with E-state index >= 15 is 0 Å². The van der Waals surface area contributed by atoms with Gasteiger partial charge in [-0.3, -0.25) is 43.2 Å². The number of nitrogens with one attached hydrogen (secondary N) is 7. The minimum Gasteiger partial charge on any atom is -0.469 e. The van der Waals surface area contributed by atoms with Crippen molar-refractivity contribution in [3.05, 3.63) is 0 Å². The van der Waals surface area contributed by atoms with Gasteiger partial charge >= 0.3 is 17.9 Å². The van der Waals surface area contributed by atoms with Crippen LogP contribution in [0.5, 0.6) is 0 Å². The molecule has 1 aliphatic rings. The van der Waals surface area contributed by atoms with Gasteiger partial charge in [0.1, 0.15) is 48.4 Å². The summed E-state index contributed by atoms with van der Waals surface area (Å²) in [5.74, 6) is -8.86. The molecule has 0 aliphatic carbocycles. The van der Waals surface area contributed by atoms with Gasteiger partial charge in [-0.25, -0.2) is 4.79 Å². The van der Waals surface area contributed by atoms with Crippen LogP contribution in [0.1, 0.15) is 217 Å². The average molecular weight is 1110 g/mol. The second kappa shape index (κ2) is 39.1. The summed E-state index contributed by atoms with van der Waals surface area (Å²) in [4.78, 5) is 140. The van der Waals surface area contributed by atoms with Gasteiger partial charge in [0.15, 0.2) is 0 Å². The van der Waals surface area contributed by atoms with E-state index in [-0.39, 0.29) is 75.0 Å². The molecule has 1 saturated heterocycles. The summed E-state index contributed by atoms with van der Waals surface area (Å²) >= 11 is 0. The van der Waals surface area contributed by atoms with Gasteiger partial charge in [-0.05, 0) is 74.5 Å². The topological polar surface area (TPSA) is 283 Å². The summed E-state index contributed by atoms with van der Waals surface area (Å²) in [7, 11) is 2.31. The zero-order chi connectivity index (χ0) is 58.9. The van der Waals surface area contributed by atoms with Crippen LogP contribution in [0.15, 0.2) is 0 Å². The number of methoxy groups -OCH3 is 2. The van der Waals surface area contributed by atoms with Crippen molar-refractivity contribution in [2.24, 2.45) is 29.6 Å². The first kappa shape index (κ1) is 70.7. The first-order valence-corrected chi connectivity index (χ1v) is 29.3. The predicted molar refractivity (Wildman–Crippen MR) is 299 cm³/mol. The van der Waals surface area contributed by atoms with E-state index in [4.69, 9.17) is 14.2 Å². The van der Waals surface area contributed by atoms with Crippen LogP contribution in [-0.2, 0) is 62.2 Å². The Labute approximate surface area is 466 Å². The molecule has 20 nitrogen and oxygen atoms in total. The smallest absolute Gasteiger partial charge is 0.329 e. The molecule has 0 aromatic rings. The molecule has 0 saturated carbocycles. The maximum atomic E-state index is 14.4. The standard InChI is InChI=1S/C58H103N7O13/c1-14-16-17-18-19-20-21-22-23-24-25-26-27-41-34-48(66)59-42(28-29-49(67)76-12)52(69)60-43(30-36(3)4)53(70)61-44(31-37(5)6)54(71)62-45(32-38(7)8)55(72)64-47(35-50(68)77-13)56(73)63-46(33-39(9)10)57(74)65-51(40(11)15-2)58(75)78-41/h36-47,51H,14-35H2,1-13H3,(H,59,66)(H,60,69)(H,61,70)(H,62,71)(H,63,73)(H,64,72)(H,65,74). The summed E-state index contributed by atoms with van der Waals surface area (Å²) in [5, 5.41) is 19.1. The van der Waals surface area contributed by atoms with Gasteiger partial charge in [-0.15, -0.1) is 0 Å². The second-order valence-electron chi connectivity index (χ2n) is 23.2. The minimum atomic E-state index is -1.58.